The standard InChI is InChI=1S/C18H22N4O3/c23-17(13-20-18(24)16-5-2-11-25-16)22-8-3-7-21(9-10-22)14-15-4-1-6-19-12-15/h1-2,4-6,11-12H,3,7-10,13-14H2,(H,20,24). The molecule has 2 amide bonds. The molecule has 0 unspecified atom stereocenters. The molecule has 2 aromatic rings. The van der Waals surface area contributed by atoms with Crippen LogP contribution < -0.4 is 5.32 Å². The topological polar surface area (TPSA) is 78.7 Å². The fourth-order valence-electron chi connectivity index (χ4n) is 2.89. The van der Waals surface area contributed by atoms with Gasteiger partial charge in [0.05, 0.1) is 12.8 Å². The van der Waals surface area contributed by atoms with Crippen LogP contribution in [0.1, 0.15) is 22.5 Å². The van der Waals surface area contributed by atoms with Crippen molar-refractivity contribution in [1.82, 2.24) is 20.1 Å². The van der Waals surface area contributed by atoms with E-state index in [9.17, 15) is 9.59 Å². The van der Waals surface area contributed by atoms with Gasteiger partial charge in [0, 0.05) is 45.1 Å². The van der Waals surface area contributed by atoms with E-state index in [1.165, 1.54) is 11.8 Å². The summed E-state index contributed by atoms with van der Waals surface area (Å²) >= 11 is 0. The number of nitrogens with zero attached hydrogens (tertiary/aromatic N) is 3. The third kappa shape index (κ3) is 4.90. The van der Waals surface area contributed by atoms with Gasteiger partial charge in [-0.15, -0.1) is 0 Å². The molecule has 0 bridgehead atoms. The zero-order chi connectivity index (χ0) is 17.5. The van der Waals surface area contributed by atoms with Gasteiger partial charge in [-0.05, 0) is 30.2 Å². The zero-order valence-corrected chi connectivity index (χ0v) is 14.1. The minimum Gasteiger partial charge on any atom is -0.459 e. The fourth-order valence-corrected chi connectivity index (χ4v) is 2.89. The molecule has 7 nitrogen and oxygen atoms in total. The summed E-state index contributed by atoms with van der Waals surface area (Å²) in [5.41, 5.74) is 1.17. The summed E-state index contributed by atoms with van der Waals surface area (Å²) in [6, 6.07) is 7.21. The molecule has 25 heavy (non-hydrogen) atoms. The molecule has 0 aliphatic carbocycles. The van der Waals surface area contributed by atoms with Crippen LogP contribution in [0.15, 0.2) is 47.3 Å². The second-order valence-corrected chi connectivity index (χ2v) is 6.03. The van der Waals surface area contributed by atoms with Gasteiger partial charge in [0.25, 0.3) is 5.91 Å². The van der Waals surface area contributed by atoms with E-state index in [1.807, 2.05) is 17.2 Å². The van der Waals surface area contributed by atoms with Crippen molar-refractivity contribution in [3.63, 3.8) is 0 Å². The van der Waals surface area contributed by atoms with E-state index in [4.69, 9.17) is 4.42 Å². The van der Waals surface area contributed by atoms with Gasteiger partial charge in [-0.1, -0.05) is 6.07 Å². The lowest BCUT2D eigenvalue weighted by Crippen LogP contribution is -2.41. The Morgan fingerprint density at radius 1 is 1.16 bits per heavy atom. The highest BCUT2D eigenvalue weighted by Crippen LogP contribution is 2.08. The molecule has 3 rings (SSSR count). The first kappa shape index (κ1) is 17.2. The van der Waals surface area contributed by atoms with Crippen molar-refractivity contribution >= 4 is 11.8 Å². The van der Waals surface area contributed by atoms with Crippen LogP contribution in [0.5, 0.6) is 0 Å². The summed E-state index contributed by atoms with van der Waals surface area (Å²) in [6.45, 7) is 3.95. The first-order chi connectivity index (χ1) is 12.2. The lowest BCUT2D eigenvalue weighted by Gasteiger charge is -2.22. The minimum atomic E-state index is -0.369. The monoisotopic (exact) mass is 342 g/mol. The summed E-state index contributed by atoms with van der Waals surface area (Å²) in [6.07, 6.45) is 5.99. The van der Waals surface area contributed by atoms with Crippen LogP contribution in [-0.2, 0) is 11.3 Å². The number of hydrogen-bond donors (Lipinski definition) is 1. The Kier molecular flexibility index (Phi) is 5.79. The molecule has 1 aliphatic rings. The molecule has 1 fully saturated rings. The summed E-state index contributed by atoms with van der Waals surface area (Å²) < 4.78 is 5.01. The number of nitrogens with one attached hydrogen (secondary N) is 1. The van der Waals surface area contributed by atoms with Crippen LogP contribution in [-0.4, -0.2) is 59.3 Å². The van der Waals surface area contributed by atoms with Crippen molar-refractivity contribution in [3.05, 3.63) is 54.2 Å². The molecule has 1 saturated heterocycles. The van der Waals surface area contributed by atoms with Crippen LogP contribution in [0.3, 0.4) is 0 Å². The molecule has 2 aromatic heterocycles. The Labute approximate surface area is 146 Å². The molecule has 1 aliphatic heterocycles. The second-order valence-electron chi connectivity index (χ2n) is 6.03. The third-order valence-electron chi connectivity index (χ3n) is 4.22. The molecule has 3 heterocycles. The summed E-state index contributed by atoms with van der Waals surface area (Å²) in [4.78, 5) is 32.4. The Morgan fingerprint density at radius 3 is 2.84 bits per heavy atom. The van der Waals surface area contributed by atoms with E-state index in [1.54, 1.807) is 18.3 Å². The van der Waals surface area contributed by atoms with Gasteiger partial charge in [-0.2, -0.15) is 0 Å². The minimum absolute atomic E-state index is 0.0118. The van der Waals surface area contributed by atoms with E-state index < -0.39 is 0 Å². The smallest absolute Gasteiger partial charge is 0.287 e. The van der Waals surface area contributed by atoms with Crippen LogP contribution in [0, 0.1) is 0 Å². The Bertz CT molecular complexity index is 688. The van der Waals surface area contributed by atoms with Crippen molar-refractivity contribution < 1.29 is 14.0 Å². The quantitative estimate of drug-likeness (QED) is 0.881. The first-order valence-corrected chi connectivity index (χ1v) is 8.43. The average molecular weight is 342 g/mol. The van der Waals surface area contributed by atoms with Crippen molar-refractivity contribution in [2.24, 2.45) is 0 Å². The molecule has 0 saturated carbocycles. The number of pyridine rings is 1. The normalized spacial score (nSPS) is 15.6. The van der Waals surface area contributed by atoms with Crippen molar-refractivity contribution in [1.29, 1.82) is 0 Å². The lowest BCUT2D eigenvalue weighted by atomic mass is 10.2. The highest BCUT2D eigenvalue weighted by molar-refractivity contribution is 5.94. The number of amides is 2. The summed E-state index contributed by atoms with van der Waals surface area (Å²) in [7, 11) is 0. The third-order valence-corrected chi connectivity index (χ3v) is 4.22. The predicted octanol–water partition coefficient (Wildman–Crippen LogP) is 1.14. The number of carbonyl (C=O) groups excluding carboxylic acids is 2. The fraction of sp³-hybridized carbons (Fsp3) is 0.389. The summed E-state index contributed by atoms with van der Waals surface area (Å²) in [5, 5.41) is 2.61. The van der Waals surface area contributed by atoms with Gasteiger partial charge >= 0.3 is 0 Å². The Morgan fingerprint density at radius 2 is 2.08 bits per heavy atom. The largest absolute Gasteiger partial charge is 0.459 e. The van der Waals surface area contributed by atoms with Gasteiger partial charge in [0.2, 0.25) is 5.91 Å². The highest BCUT2D eigenvalue weighted by atomic mass is 16.3. The van der Waals surface area contributed by atoms with Gasteiger partial charge in [0.1, 0.15) is 0 Å². The molecular weight excluding hydrogens is 320 g/mol. The maximum atomic E-state index is 12.3. The maximum absolute atomic E-state index is 12.3. The van der Waals surface area contributed by atoms with E-state index in [2.05, 4.69) is 21.3 Å². The lowest BCUT2D eigenvalue weighted by molar-refractivity contribution is -0.130. The van der Waals surface area contributed by atoms with Crippen molar-refractivity contribution in [2.75, 3.05) is 32.7 Å². The van der Waals surface area contributed by atoms with Crippen LogP contribution in [0.2, 0.25) is 0 Å². The van der Waals surface area contributed by atoms with E-state index in [-0.39, 0.29) is 24.1 Å². The predicted molar refractivity (Wildman–Crippen MR) is 91.8 cm³/mol. The molecule has 0 atom stereocenters. The highest BCUT2D eigenvalue weighted by Gasteiger charge is 2.20. The summed E-state index contributed by atoms with van der Waals surface area (Å²) in [5.74, 6) is -0.221. The second kappa shape index (κ2) is 8.43. The van der Waals surface area contributed by atoms with Crippen LogP contribution >= 0.6 is 0 Å². The molecule has 0 spiro atoms. The molecule has 1 N–H and O–H groups in total. The zero-order valence-electron chi connectivity index (χ0n) is 14.1. The van der Waals surface area contributed by atoms with E-state index >= 15 is 0 Å². The number of furan rings is 1. The van der Waals surface area contributed by atoms with Crippen LogP contribution in [0.25, 0.3) is 0 Å². The number of aromatic nitrogens is 1. The molecule has 132 valence electrons. The van der Waals surface area contributed by atoms with Crippen molar-refractivity contribution in [2.45, 2.75) is 13.0 Å². The SMILES string of the molecule is O=C(NCC(=O)N1CCCN(Cc2cccnc2)CC1)c1ccco1. The molecule has 0 aromatic carbocycles. The number of carbonyl (C=O) groups is 2. The average Bonchev–Trinajstić information content (AvgIpc) is 3.08. The van der Waals surface area contributed by atoms with Crippen molar-refractivity contribution in [3.8, 4) is 0 Å². The van der Waals surface area contributed by atoms with E-state index in [0.29, 0.717) is 13.1 Å². The van der Waals surface area contributed by atoms with Gasteiger partial charge in [0.15, 0.2) is 5.76 Å². The number of hydrogen-bond acceptors (Lipinski definition) is 5. The molecular formula is C18H22N4O3. The Balaban J connectivity index is 1.45. The molecule has 7 heteroatoms. The van der Waals surface area contributed by atoms with Gasteiger partial charge in [-0.3, -0.25) is 19.5 Å². The maximum Gasteiger partial charge on any atom is 0.287 e. The van der Waals surface area contributed by atoms with Gasteiger partial charge in [-0.25, -0.2) is 0 Å². The van der Waals surface area contributed by atoms with Gasteiger partial charge < -0.3 is 14.6 Å². The first-order valence-electron chi connectivity index (χ1n) is 8.43. The van der Waals surface area contributed by atoms with Crippen LogP contribution in [0.4, 0.5) is 0 Å². The number of rotatable bonds is 5. The Hall–Kier alpha value is -2.67. The van der Waals surface area contributed by atoms with E-state index in [0.717, 1.165) is 26.1 Å². The molecule has 0 radical (unpaired) electrons.